The number of allylic oxidation sites excluding steroid dienone is 1. The van der Waals surface area contributed by atoms with E-state index < -0.39 is 0 Å². The molecule has 1 aromatic rings. The summed E-state index contributed by atoms with van der Waals surface area (Å²) in [5, 5.41) is 6.48. The fourth-order valence-electron chi connectivity index (χ4n) is 5.92. The molecule has 0 aromatic carbocycles. The van der Waals surface area contributed by atoms with Crippen molar-refractivity contribution in [2.24, 2.45) is 17.3 Å². The van der Waals surface area contributed by atoms with Gasteiger partial charge < -0.3 is 19.3 Å². The molecule has 1 amide bonds. The third-order valence-corrected chi connectivity index (χ3v) is 7.91. The van der Waals surface area contributed by atoms with E-state index in [2.05, 4.69) is 35.3 Å². The molecule has 0 radical (unpaired) electrons. The maximum atomic E-state index is 12.1. The molecule has 7 nitrogen and oxygen atoms in total. The van der Waals surface area contributed by atoms with Crippen LogP contribution >= 0.6 is 0 Å². The lowest BCUT2D eigenvalue weighted by Gasteiger charge is -2.57. The van der Waals surface area contributed by atoms with Gasteiger partial charge in [-0.25, -0.2) is 0 Å². The molecular formula is C23H33N3O4. The molecule has 6 rings (SSSR count). The lowest BCUT2D eigenvalue weighted by atomic mass is 9.49. The summed E-state index contributed by atoms with van der Waals surface area (Å²) in [4.78, 5) is 14.6. The van der Waals surface area contributed by atoms with Crippen LogP contribution in [0.5, 0.6) is 0 Å². The second kappa shape index (κ2) is 7.77. The maximum absolute atomic E-state index is 12.1. The van der Waals surface area contributed by atoms with E-state index in [1.165, 1.54) is 19.0 Å². The van der Waals surface area contributed by atoms with Gasteiger partial charge in [0.25, 0.3) is 5.91 Å². The topological polar surface area (TPSA) is 76.8 Å². The van der Waals surface area contributed by atoms with Crippen molar-refractivity contribution in [2.75, 3.05) is 39.4 Å². The monoisotopic (exact) mass is 415 g/mol. The maximum Gasteiger partial charge on any atom is 0.289 e. The van der Waals surface area contributed by atoms with Gasteiger partial charge in [-0.1, -0.05) is 30.7 Å². The number of carbonyl (C=O) groups is 1. The Hall–Kier alpha value is -1.70. The third kappa shape index (κ3) is 3.72. The average Bonchev–Trinajstić information content (AvgIpc) is 3.36. The third-order valence-electron chi connectivity index (χ3n) is 7.91. The minimum Gasteiger partial charge on any atom is -0.377 e. The number of nitrogens with zero attached hydrogens (tertiary/aromatic N) is 2. The van der Waals surface area contributed by atoms with E-state index in [1.54, 1.807) is 11.6 Å². The molecular weight excluding hydrogens is 382 g/mol. The van der Waals surface area contributed by atoms with E-state index >= 15 is 0 Å². The summed E-state index contributed by atoms with van der Waals surface area (Å²) in [5.41, 5.74) is 1.81. The van der Waals surface area contributed by atoms with Crippen molar-refractivity contribution in [1.82, 2.24) is 15.4 Å². The molecule has 3 aliphatic carbocycles. The normalized spacial score (nSPS) is 35.5. The Morgan fingerprint density at radius 2 is 2.30 bits per heavy atom. The molecule has 0 unspecified atom stereocenters. The molecule has 30 heavy (non-hydrogen) atoms. The van der Waals surface area contributed by atoms with Gasteiger partial charge in [0.05, 0.1) is 25.5 Å². The van der Waals surface area contributed by atoms with Crippen LogP contribution in [0.4, 0.5) is 0 Å². The van der Waals surface area contributed by atoms with Crippen molar-refractivity contribution in [2.45, 2.75) is 51.2 Å². The molecule has 1 aromatic heterocycles. The van der Waals surface area contributed by atoms with Crippen LogP contribution in [0.2, 0.25) is 0 Å². The van der Waals surface area contributed by atoms with Gasteiger partial charge in [-0.05, 0) is 42.9 Å². The number of amides is 1. The summed E-state index contributed by atoms with van der Waals surface area (Å²) in [6.45, 7) is 9.60. The Morgan fingerprint density at radius 3 is 3.07 bits per heavy atom. The van der Waals surface area contributed by atoms with E-state index in [4.69, 9.17) is 14.0 Å². The molecule has 3 fully saturated rings. The Morgan fingerprint density at radius 1 is 1.40 bits per heavy atom. The highest BCUT2D eigenvalue weighted by molar-refractivity contribution is 5.91. The fourth-order valence-corrected chi connectivity index (χ4v) is 5.92. The predicted octanol–water partition coefficient (Wildman–Crippen LogP) is 2.65. The summed E-state index contributed by atoms with van der Waals surface area (Å²) in [7, 11) is 0. The van der Waals surface area contributed by atoms with Crippen LogP contribution in [0.25, 0.3) is 0 Å². The molecule has 1 spiro atoms. The van der Waals surface area contributed by atoms with Crippen molar-refractivity contribution in [3.8, 4) is 0 Å². The fraction of sp³-hybridized carbons (Fsp3) is 0.739. The van der Waals surface area contributed by atoms with Gasteiger partial charge in [0.15, 0.2) is 0 Å². The second-order valence-corrected chi connectivity index (χ2v) is 10.1. The molecule has 7 heteroatoms. The molecule has 1 saturated carbocycles. The van der Waals surface area contributed by atoms with Crippen LogP contribution in [0.3, 0.4) is 0 Å². The molecule has 4 atom stereocenters. The van der Waals surface area contributed by atoms with Gasteiger partial charge in [-0.3, -0.25) is 9.69 Å². The summed E-state index contributed by atoms with van der Waals surface area (Å²) in [5.74, 6) is 1.59. The first-order chi connectivity index (χ1) is 14.5. The van der Waals surface area contributed by atoms with E-state index in [1.807, 2.05) is 0 Å². The Balaban J connectivity index is 1.18. The molecule has 164 valence electrons. The van der Waals surface area contributed by atoms with Crippen molar-refractivity contribution >= 4 is 5.91 Å². The standard InChI is InChI=1S/C23H33N3O4/c1-22(2)17-4-3-16(19(22)11-17)13-26-9-10-28-15-23(14-26)7-5-18(29-23)12-24-21(27)20-6-8-25-30-20/h3,6,8,17-19H,4-5,7,9-15H2,1-2H3,(H,24,27)/t17-,18+,19-,23-/m0/s1. The SMILES string of the molecule is CC1(C)[C@H]2CC=C(CN3CCOC[C@]4(CC[C@H](CNC(=O)c5ccno5)O4)C3)[C@@H]1C2. The molecule has 2 aliphatic heterocycles. The number of rotatable bonds is 5. The van der Waals surface area contributed by atoms with Crippen molar-refractivity contribution < 1.29 is 18.8 Å². The van der Waals surface area contributed by atoms with Gasteiger partial charge >= 0.3 is 0 Å². The number of carbonyl (C=O) groups excluding carboxylic acids is 1. The van der Waals surface area contributed by atoms with Gasteiger partial charge in [-0.2, -0.15) is 0 Å². The Kier molecular flexibility index (Phi) is 5.24. The number of nitrogens with one attached hydrogen (secondary N) is 1. The highest BCUT2D eigenvalue weighted by atomic mass is 16.6. The van der Waals surface area contributed by atoms with Crippen LogP contribution in [0.1, 0.15) is 50.1 Å². The van der Waals surface area contributed by atoms with Crippen LogP contribution in [-0.2, 0) is 9.47 Å². The van der Waals surface area contributed by atoms with E-state index in [9.17, 15) is 4.79 Å². The number of hydrogen-bond donors (Lipinski definition) is 1. The van der Waals surface area contributed by atoms with Gasteiger partial charge in [0.2, 0.25) is 5.76 Å². The zero-order valence-corrected chi connectivity index (χ0v) is 18.1. The zero-order chi connectivity index (χ0) is 20.8. The summed E-state index contributed by atoms with van der Waals surface area (Å²) < 4.78 is 17.4. The first-order valence-corrected chi connectivity index (χ1v) is 11.3. The second-order valence-electron chi connectivity index (χ2n) is 10.1. The van der Waals surface area contributed by atoms with E-state index in [0.717, 1.165) is 50.9 Å². The molecule has 1 N–H and O–H groups in total. The smallest absolute Gasteiger partial charge is 0.289 e. The number of fused-ring (bicyclic) bond motifs is 1. The number of ether oxygens (including phenoxy) is 2. The first-order valence-electron chi connectivity index (χ1n) is 11.3. The Bertz CT molecular complexity index is 805. The van der Waals surface area contributed by atoms with Crippen LogP contribution in [-0.4, -0.2) is 67.1 Å². The highest BCUT2D eigenvalue weighted by Gasteiger charge is 2.51. The Labute approximate surface area is 178 Å². The van der Waals surface area contributed by atoms with Crippen LogP contribution in [0, 0.1) is 17.3 Å². The van der Waals surface area contributed by atoms with Crippen molar-refractivity contribution in [3.63, 3.8) is 0 Å². The summed E-state index contributed by atoms with van der Waals surface area (Å²) >= 11 is 0. The predicted molar refractivity (Wildman–Crippen MR) is 111 cm³/mol. The van der Waals surface area contributed by atoms with Gasteiger partial charge in [0.1, 0.15) is 5.60 Å². The average molecular weight is 416 g/mol. The molecule has 3 heterocycles. The number of hydrogen-bond acceptors (Lipinski definition) is 6. The molecule has 5 aliphatic rings. The van der Waals surface area contributed by atoms with E-state index in [0.29, 0.717) is 18.6 Å². The van der Waals surface area contributed by atoms with Gasteiger partial charge in [0, 0.05) is 32.2 Å². The van der Waals surface area contributed by atoms with Crippen molar-refractivity contribution in [3.05, 3.63) is 29.7 Å². The van der Waals surface area contributed by atoms with Crippen LogP contribution in [0.15, 0.2) is 28.4 Å². The quantitative estimate of drug-likeness (QED) is 0.745. The summed E-state index contributed by atoms with van der Waals surface area (Å²) in [6.07, 6.45) is 8.45. The largest absolute Gasteiger partial charge is 0.377 e. The number of aromatic nitrogens is 1. The van der Waals surface area contributed by atoms with Gasteiger partial charge in [-0.15, -0.1) is 0 Å². The zero-order valence-electron chi connectivity index (χ0n) is 18.1. The lowest BCUT2D eigenvalue weighted by molar-refractivity contribution is -0.0847. The van der Waals surface area contributed by atoms with Crippen molar-refractivity contribution in [1.29, 1.82) is 0 Å². The van der Waals surface area contributed by atoms with E-state index in [-0.39, 0.29) is 23.4 Å². The highest BCUT2D eigenvalue weighted by Crippen LogP contribution is 2.59. The molecule has 2 saturated heterocycles. The first kappa shape index (κ1) is 20.2. The summed E-state index contributed by atoms with van der Waals surface area (Å²) in [6, 6.07) is 1.56. The minimum atomic E-state index is -0.273. The van der Waals surface area contributed by atoms with Crippen LogP contribution < -0.4 is 5.32 Å². The molecule has 2 bridgehead atoms. The lowest BCUT2D eigenvalue weighted by Crippen LogP contribution is -2.51. The minimum absolute atomic E-state index is 0.000594.